The fourth-order valence-corrected chi connectivity index (χ4v) is 1.89. The van der Waals surface area contributed by atoms with Crippen LogP contribution in [0.5, 0.6) is 0 Å². The average molecular weight is 219 g/mol. The van der Waals surface area contributed by atoms with Crippen LogP contribution in [0.2, 0.25) is 0 Å². The highest BCUT2D eigenvalue weighted by Gasteiger charge is 2.19. The molecule has 1 heterocycles. The monoisotopic (exact) mass is 219 g/mol. The molecule has 1 N–H and O–H groups in total. The van der Waals surface area contributed by atoms with Gasteiger partial charge in [0.05, 0.1) is 5.39 Å². The van der Waals surface area contributed by atoms with E-state index in [-0.39, 0.29) is 16.4 Å². The number of aromatic amines is 1. The van der Waals surface area contributed by atoms with Gasteiger partial charge in [0.15, 0.2) is 0 Å². The molecular weight excluding hydrogens is 205 g/mol. The molecule has 2 rings (SSSR count). The minimum absolute atomic E-state index is 0.129. The topological polar surface area (TPSA) is 32.9 Å². The molecule has 2 nitrogen and oxygen atoms in total. The SMILES string of the molecule is CC(C)(C)c1c[nH]c(=O)c2c(F)cccc12. The molecule has 0 aliphatic carbocycles. The summed E-state index contributed by atoms with van der Waals surface area (Å²) in [6, 6.07) is 4.73. The van der Waals surface area contributed by atoms with E-state index >= 15 is 0 Å². The smallest absolute Gasteiger partial charge is 0.258 e. The number of H-pyrrole nitrogens is 1. The number of aromatic nitrogens is 1. The van der Waals surface area contributed by atoms with Gasteiger partial charge in [-0.15, -0.1) is 0 Å². The summed E-state index contributed by atoms with van der Waals surface area (Å²) in [5.74, 6) is -0.468. The summed E-state index contributed by atoms with van der Waals surface area (Å²) in [6.45, 7) is 6.10. The lowest BCUT2D eigenvalue weighted by atomic mass is 9.85. The molecule has 3 heteroatoms. The van der Waals surface area contributed by atoms with E-state index in [1.54, 1.807) is 18.3 Å². The maximum Gasteiger partial charge on any atom is 0.258 e. The van der Waals surface area contributed by atoms with Crippen LogP contribution in [0, 0.1) is 5.82 Å². The van der Waals surface area contributed by atoms with E-state index in [0.29, 0.717) is 5.39 Å². The van der Waals surface area contributed by atoms with Crippen molar-refractivity contribution in [2.75, 3.05) is 0 Å². The van der Waals surface area contributed by atoms with Gasteiger partial charge in [0.1, 0.15) is 5.82 Å². The molecule has 1 aromatic heterocycles. The van der Waals surface area contributed by atoms with Crippen LogP contribution in [-0.4, -0.2) is 4.98 Å². The van der Waals surface area contributed by atoms with Crippen LogP contribution in [-0.2, 0) is 5.41 Å². The Hall–Kier alpha value is -1.64. The van der Waals surface area contributed by atoms with Gasteiger partial charge in [0.2, 0.25) is 0 Å². The third-order valence-corrected chi connectivity index (χ3v) is 2.69. The molecule has 0 saturated carbocycles. The highest BCUT2D eigenvalue weighted by atomic mass is 19.1. The number of fused-ring (bicyclic) bond motifs is 1. The Bertz CT molecular complexity index is 593. The van der Waals surface area contributed by atoms with E-state index in [4.69, 9.17) is 0 Å². The highest BCUT2D eigenvalue weighted by molar-refractivity contribution is 5.85. The highest BCUT2D eigenvalue weighted by Crippen LogP contribution is 2.28. The fraction of sp³-hybridized carbons (Fsp3) is 0.308. The molecule has 1 aromatic carbocycles. The molecule has 2 aromatic rings. The third-order valence-electron chi connectivity index (χ3n) is 2.69. The van der Waals surface area contributed by atoms with Gasteiger partial charge >= 0.3 is 0 Å². The lowest BCUT2D eigenvalue weighted by Gasteiger charge is -2.20. The molecule has 0 atom stereocenters. The first kappa shape index (κ1) is 10.9. The quantitative estimate of drug-likeness (QED) is 0.726. The predicted octanol–water partition coefficient (Wildman–Crippen LogP) is 2.96. The maximum atomic E-state index is 13.6. The third kappa shape index (κ3) is 1.62. The summed E-state index contributed by atoms with van der Waals surface area (Å²) in [5, 5.41) is 0.839. The van der Waals surface area contributed by atoms with Gasteiger partial charge in [-0.2, -0.15) is 0 Å². The van der Waals surface area contributed by atoms with Gasteiger partial charge in [-0.05, 0) is 22.4 Å². The molecule has 0 aliphatic rings. The molecule has 84 valence electrons. The van der Waals surface area contributed by atoms with Crippen molar-refractivity contribution in [3.8, 4) is 0 Å². The second kappa shape index (κ2) is 3.44. The second-order valence-electron chi connectivity index (χ2n) is 4.94. The van der Waals surface area contributed by atoms with E-state index in [9.17, 15) is 9.18 Å². The molecule has 0 radical (unpaired) electrons. The van der Waals surface area contributed by atoms with Gasteiger partial charge in [0.25, 0.3) is 5.56 Å². The fourth-order valence-electron chi connectivity index (χ4n) is 1.89. The summed E-state index contributed by atoms with van der Waals surface area (Å²) in [4.78, 5) is 14.2. The Morgan fingerprint density at radius 2 is 1.94 bits per heavy atom. The van der Waals surface area contributed by atoms with Crippen molar-refractivity contribution in [1.82, 2.24) is 4.98 Å². The molecule has 0 spiro atoms. The molecule has 0 aliphatic heterocycles. The van der Waals surface area contributed by atoms with Gasteiger partial charge in [-0.3, -0.25) is 4.79 Å². The lowest BCUT2D eigenvalue weighted by molar-refractivity contribution is 0.591. The van der Waals surface area contributed by atoms with Crippen molar-refractivity contribution in [2.45, 2.75) is 26.2 Å². The van der Waals surface area contributed by atoms with E-state index in [1.165, 1.54) is 6.07 Å². The number of nitrogens with one attached hydrogen (secondary N) is 1. The molecule has 0 saturated heterocycles. The van der Waals surface area contributed by atoms with Crippen molar-refractivity contribution >= 4 is 10.8 Å². The van der Waals surface area contributed by atoms with E-state index in [1.807, 2.05) is 20.8 Å². The minimum atomic E-state index is -0.468. The van der Waals surface area contributed by atoms with E-state index in [0.717, 1.165) is 5.56 Å². The Labute approximate surface area is 93.1 Å². The molecule has 0 unspecified atom stereocenters. The predicted molar refractivity (Wildman–Crippen MR) is 63.2 cm³/mol. The number of pyridine rings is 1. The van der Waals surface area contributed by atoms with E-state index < -0.39 is 5.82 Å². The number of rotatable bonds is 0. The molecule has 0 bridgehead atoms. The Kier molecular flexibility index (Phi) is 2.34. The van der Waals surface area contributed by atoms with Crippen molar-refractivity contribution < 1.29 is 4.39 Å². The largest absolute Gasteiger partial charge is 0.328 e. The van der Waals surface area contributed by atoms with Crippen LogP contribution in [0.3, 0.4) is 0 Å². The van der Waals surface area contributed by atoms with Crippen molar-refractivity contribution in [2.24, 2.45) is 0 Å². The Morgan fingerprint density at radius 1 is 1.25 bits per heavy atom. The van der Waals surface area contributed by atoms with Gasteiger partial charge in [-0.1, -0.05) is 32.9 Å². The number of benzene rings is 1. The Balaban J connectivity index is 2.96. The zero-order valence-corrected chi connectivity index (χ0v) is 9.60. The lowest BCUT2D eigenvalue weighted by Crippen LogP contribution is -2.17. The van der Waals surface area contributed by atoms with Gasteiger partial charge in [0, 0.05) is 6.20 Å². The molecule has 0 fully saturated rings. The van der Waals surface area contributed by atoms with Crippen molar-refractivity contribution in [1.29, 1.82) is 0 Å². The summed E-state index contributed by atoms with van der Waals surface area (Å²) in [6.07, 6.45) is 1.67. The number of halogens is 1. The normalized spacial score (nSPS) is 12.0. The maximum absolute atomic E-state index is 13.6. The summed E-state index contributed by atoms with van der Waals surface area (Å²) >= 11 is 0. The van der Waals surface area contributed by atoms with Crippen molar-refractivity contribution in [3.63, 3.8) is 0 Å². The van der Waals surface area contributed by atoms with E-state index in [2.05, 4.69) is 4.98 Å². The first-order chi connectivity index (χ1) is 7.41. The zero-order valence-electron chi connectivity index (χ0n) is 9.60. The standard InChI is InChI=1S/C13H14FNO/c1-13(2,3)9-7-15-12(16)11-8(9)5-4-6-10(11)14/h4-7H,1-3H3,(H,15,16). The first-order valence-corrected chi connectivity index (χ1v) is 5.21. The molecule has 0 amide bonds. The summed E-state index contributed by atoms with van der Waals surface area (Å²) in [5.41, 5.74) is 0.443. The number of hydrogen-bond acceptors (Lipinski definition) is 1. The first-order valence-electron chi connectivity index (χ1n) is 5.21. The van der Waals surface area contributed by atoms with Crippen molar-refractivity contribution in [3.05, 3.63) is 46.1 Å². The average Bonchev–Trinajstić information content (AvgIpc) is 2.16. The molecular formula is C13H14FNO. The summed E-state index contributed by atoms with van der Waals surface area (Å²) < 4.78 is 13.6. The number of hydrogen-bond donors (Lipinski definition) is 1. The van der Waals surface area contributed by atoms with Crippen LogP contribution < -0.4 is 5.56 Å². The summed E-state index contributed by atoms with van der Waals surface area (Å²) in [7, 11) is 0. The zero-order chi connectivity index (χ0) is 11.9. The van der Waals surface area contributed by atoms with Crippen LogP contribution in [0.1, 0.15) is 26.3 Å². The second-order valence-corrected chi connectivity index (χ2v) is 4.94. The van der Waals surface area contributed by atoms with Gasteiger partial charge in [-0.25, -0.2) is 4.39 Å². The van der Waals surface area contributed by atoms with Crippen LogP contribution in [0.4, 0.5) is 4.39 Å². The van der Waals surface area contributed by atoms with Crippen LogP contribution in [0.15, 0.2) is 29.2 Å². The Morgan fingerprint density at radius 3 is 2.56 bits per heavy atom. The minimum Gasteiger partial charge on any atom is -0.328 e. The van der Waals surface area contributed by atoms with Crippen LogP contribution in [0.25, 0.3) is 10.8 Å². The van der Waals surface area contributed by atoms with Crippen LogP contribution >= 0.6 is 0 Å². The van der Waals surface area contributed by atoms with Gasteiger partial charge < -0.3 is 4.98 Å². The molecule has 16 heavy (non-hydrogen) atoms.